The highest BCUT2D eigenvalue weighted by atomic mass is 35.5. The number of halogens is 1. The number of nitrogens with zero attached hydrogens (tertiary/aromatic N) is 3. The molecule has 1 aromatic carbocycles. The molecule has 3 rings (SSSR count). The normalized spacial score (nSPS) is 13.9. The third-order valence-corrected chi connectivity index (χ3v) is 3.74. The molecule has 1 aliphatic rings. The van der Waals surface area contributed by atoms with Crippen molar-refractivity contribution in [3.63, 3.8) is 0 Å². The van der Waals surface area contributed by atoms with Crippen LogP contribution in [0.1, 0.15) is 6.42 Å². The molecule has 0 saturated carbocycles. The number of benzene rings is 1. The van der Waals surface area contributed by atoms with Crippen LogP contribution < -0.4 is 4.90 Å². The van der Waals surface area contributed by atoms with E-state index < -0.39 is 5.97 Å². The standard InChI is InChI=1S/C15H14ClN3O3/c1-22-15(21)9-18-13-8-12(10-3-2-4-11(16)7-10)17-19(13)6-5-14(18)20/h2-4,7-8H,5-6,9H2,1H3. The molecule has 0 fully saturated rings. The van der Waals surface area contributed by atoms with Crippen LogP contribution in [0.2, 0.25) is 5.02 Å². The second-order valence-corrected chi connectivity index (χ2v) is 5.36. The zero-order chi connectivity index (χ0) is 15.7. The Labute approximate surface area is 132 Å². The van der Waals surface area contributed by atoms with E-state index in [-0.39, 0.29) is 12.5 Å². The molecule has 0 saturated heterocycles. The van der Waals surface area contributed by atoms with Gasteiger partial charge in [-0.25, -0.2) is 4.68 Å². The van der Waals surface area contributed by atoms with Crippen molar-refractivity contribution in [3.05, 3.63) is 35.4 Å². The number of carbonyl (C=O) groups is 2. The van der Waals surface area contributed by atoms with Gasteiger partial charge in [0.15, 0.2) is 0 Å². The molecule has 1 aliphatic heterocycles. The van der Waals surface area contributed by atoms with Crippen molar-refractivity contribution in [1.29, 1.82) is 0 Å². The Morgan fingerprint density at radius 3 is 2.95 bits per heavy atom. The van der Waals surface area contributed by atoms with Gasteiger partial charge in [0, 0.05) is 23.1 Å². The maximum Gasteiger partial charge on any atom is 0.325 e. The fourth-order valence-electron chi connectivity index (χ4n) is 2.40. The predicted octanol–water partition coefficient (Wildman–Crippen LogP) is 2.11. The number of hydrogen-bond acceptors (Lipinski definition) is 4. The van der Waals surface area contributed by atoms with Crippen molar-refractivity contribution in [1.82, 2.24) is 9.78 Å². The van der Waals surface area contributed by atoms with Crippen molar-refractivity contribution >= 4 is 29.3 Å². The van der Waals surface area contributed by atoms with Gasteiger partial charge in [-0.1, -0.05) is 23.7 Å². The molecular formula is C15H14ClN3O3. The summed E-state index contributed by atoms with van der Waals surface area (Å²) in [6.07, 6.45) is 0.306. The van der Waals surface area contributed by atoms with Crippen molar-refractivity contribution < 1.29 is 14.3 Å². The van der Waals surface area contributed by atoms with Crippen LogP contribution in [0, 0.1) is 0 Å². The first kappa shape index (κ1) is 14.6. The van der Waals surface area contributed by atoms with E-state index >= 15 is 0 Å². The van der Waals surface area contributed by atoms with Gasteiger partial charge in [-0.3, -0.25) is 14.5 Å². The van der Waals surface area contributed by atoms with Gasteiger partial charge in [-0.15, -0.1) is 0 Å². The van der Waals surface area contributed by atoms with Crippen molar-refractivity contribution in [2.24, 2.45) is 0 Å². The monoisotopic (exact) mass is 319 g/mol. The predicted molar refractivity (Wildman–Crippen MR) is 81.7 cm³/mol. The molecule has 0 radical (unpaired) electrons. The van der Waals surface area contributed by atoms with E-state index in [2.05, 4.69) is 9.84 Å². The van der Waals surface area contributed by atoms with Gasteiger partial charge < -0.3 is 4.74 Å². The van der Waals surface area contributed by atoms with E-state index in [1.54, 1.807) is 16.8 Å². The summed E-state index contributed by atoms with van der Waals surface area (Å²) >= 11 is 6.00. The number of carbonyl (C=O) groups excluding carboxylic acids is 2. The number of ether oxygens (including phenoxy) is 1. The SMILES string of the molecule is COC(=O)CN1C(=O)CCn2nc(-c3cccc(Cl)c3)cc21. The fraction of sp³-hybridized carbons (Fsp3) is 0.267. The number of fused-ring (bicyclic) bond motifs is 1. The minimum Gasteiger partial charge on any atom is -0.468 e. The van der Waals surface area contributed by atoms with Gasteiger partial charge in [-0.05, 0) is 12.1 Å². The second kappa shape index (κ2) is 5.81. The maximum atomic E-state index is 12.1. The second-order valence-electron chi connectivity index (χ2n) is 4.93. The summed E-state index contributed by atoms with van der Waals surface area (Å²) in [5.74, 6) is 0.0133. The highest BCUT2D eigenvalue weighted by Crippen LogP contribution is 2.29. The van der Waals surface area contributed by atoms with Crippen molar-refractivity contribution in [2.75, 3.05) is 18.6 Å². The zero-order valence-electron chi connectivity index (χ0n) is 12.0. The van der Waals surface area contributed by atoms with E-state index in [0.717, 1.165) is 5.56 Å². The average Bonchev–Trinajstić information content (AvgIpc) is 2.94. The van der Waals surface area contributed by atoms with E-state index in [9.17, 15) is 9.59 Å². The molecule has 0 unspecified atom stereocenters. The Morgan fingerprint density at radius 1 is 1.41 bits per heavy atom. The fourth-order valence-corrected chi connectivity index (χ4v) is 2.60. The first-order chi connectivity index (χ1) is 10.6. The van der Waals surface area contributed by atoms with Crippen molar-refractivity contribution in [3.8, 4) is 11.3 Å². The van der Waals surface area contributed by atoms with Crippen LogP contribution in [0.3, 0.4) is 0 Å². The van der Waals surface area contributed by atoms with Crippen LogP contribution in [0.25, 0.3) is 11.3 Å². The minimum atomic E-state index is -0.465. The zero-order valence-corrected chi connectivity index (χ0v) is 12.7. The summed E-state index contributed by atoms with van der Waals surface area (Å²) in [7, 11) is 1.30. The highest BCUT2D eigenvalue weighted by Gasteiger charge is 2.28. The molecule has 22 heavy (non-hydrogen) atoms. The first-order valence-electron chi connectivity index (χ1n) is 6.79. The molecule has 0 aliphatic carbocycles. The van der Waals surface area contributed by atoms with E-state index in [4.69, 9.17) is 11.6 Å². The summed E-state index contributed by atoms with van der Waals surface area (Å²) in [4.78, 5) is 25.0. The molecule has 1 amide bonds. The summed E-state index contributed by atoms with van der Waals surface area (Å²) in [5.41, 5.74) is 1.57. The van der Waals surface area contributed by atoms with Gasteiger partial charge in [0.05, 0.1) is 19.3 Å². The topological polar surface area (TPSA) is 64.4 Å². The number of methoxy groups -OCH3 is 1. The number of hydrogen-bond donors (Lipinski definition) is 0. The lowest BCUT2D eigenvalue weighted by atomic mass is 10.1. The number of rotatable bonds is 3. The molecule has 6 nitrogen and oxygen atoms in total. The lowest BCUT2D eigenvalue weighted by Crippen LogP contribution is -2.41. The average molecular weight is 320 g/mol. The van der Waals surface area contributed by atoms with E-state index in [0.29, 0.717) is 29.5 Å². The van der Waals surface area contributed by atoms with Crippen LogP contribution in [0.15, 0.2) is 30.3 Å². The summed E-state index contributed by atoms with van der Waals surface area (Å²) in [6.45, 7) is 0.377. The van der Waals surface area contributed by atoms with Crippen LogP contribution >= 0.6 is 11.6 Å². The van der Waals surface area contributed by atoms with Crippen LogP contribution in [-0.4, -0.2) is 35.3 Å². The van der Waals surface area contributed by atoms with Crippen LogP contribution in [-0.2, 0) is 20.9 Å². The number of anilines is 1. The van der Waals surface area contributed by atoms with E-state index in [1.807, 2.05) is 18.2 Å². The smallest absolute Gasteiger partial charge is 0.325 e. The Kier molecular flexibility index (Phi) is 3.85. The lowest BCUT2D eigenvalue weighted by molar-refractivity contribution is -0.140. The largest absolute Gasteiger partial charge is 0.468 e. The Balaban J connectivity index is 1.98. The Morgan fingerprint density at radius 2 is 2.23 bits per heavy atom. The van der Waals surface area contributed by atoms with Gasteiger partial charge in [0.2, 0.25) is 5.91 Å². The van der Waals surface area contributed by atoms with Crippen molar-refractivity contribution in [2.45, 2.75) is 13.0 Å². The number of aromatic nitrogens is 2. The van der Waals surface area contributed by atoms with Gasteiger partial charge >= 0.3 is 5.97 Å². The Hall–Kier alpha value is -2.34. The molecule has 0 N–H and O–H groups in total. The molecular weight excluding hydrogens is 306 g/mol. The molecule has 114 valence electrons. The molecule has 2 heterocycles. The molecule has 0 bridgehead atoms. The number of aryl methyl sites for hydroxylation is 1. The third kappa shape index (κ3) is 2.69. The maximum absolute atomic E-state index is 12.1. The minimum absolute atomic E-state index is 0.115. The third-order valence-electron chi connectivity index (χ3n) is 3.51. The Bertz CT molecular complexity index is 741. The quantitative estimate of drug-likeness (QED) is 0.813. The summed E-state index contributed by atoms with van der Waals surface area (Å²) in [6, 6.07) is 9.11. The number of esters is 1. The van der Waals surface area contributed by atoms with Crippen LogP contribution in [0.4, 0.5) is 5.82 Å². The van der Waals surface area contributed by atoms with Gasteiger partial charge in [-0.2, -0.15) is 5.10 Å². The van der Waals surface area contributed by atoms with Gasteiger partial charge in [0.1, 0.15) is 12.4 Å². The number of amides is 1. The molecule has 1 aromatic heterocycles. The summed E-state index contributed by atoms with van der Waals surface area (Å²) in [5, 5.41) is 5.11. The molecule has 2 aromatic rings. The highest BCUT2D eigenvalue weighted by molar-refractivity contribution is 6.30. The van der Waals surface area contributed by atoms with E-state index in [1.165, 1.54) is 12.0 Å². The lowest BCUT2D eigenvalue weighted by Gasteiger charge is -2.26. The summed E-state index contributed by atoms with van der Waals surface area (Å²) < 4.78 is 6.37. The molecule has 0 atom stereocenters. The van der Waals surface area contributed by atoms with Gasteiger partial charge in [0.25, 0.3) is 0 Å². The first-order valence-corrected chi connectivity index (χ1v) is 7.17. The van der Waals surface area contributed by atoms with Crippen LogP contribution in [0.5, 0.6) is 0 Å². The molecule has 0 spiro atoms. The molecule has 7 heteroatoms.